The van der Waals surface area contributed by atoms with E-state index in [1.54, 1.807) is 18.2 Å². The molecule has 0 saturated carbocycles. The highest BCUT2D eigenvalue weighted by atomic mass is 35.5. The molecule has 0 aliphatic carbocycles. The first-order valence-corrected chi connectivity index (χ1v) is 13.2. The minimum atomic E-state index is -0.550. The van der Waals surface area contributed by atoms with Crippen LogP contribution in [0.5, 0.6) is 0 Å². The summed E-state index contributed by atoms with van der Waals surface area (Å²) >= 11 is 12.7. The smallest absolute Gasteiger partial charge is 0.223 e. The van der Waals surface area contributed by atoms with Crippen LogP contribution in [0.15, 0.2) is 54.6 Å². The van der Waals surface area contributed by atoms with Crippen molar-refractivity contribution in [3.05, 3.63) is 81.6 Å². The lowest BCUT2D eigenvalue weighted by Crippen LogP contribution is -2.45. The van der Waals surface area contributed by atoms with Crippen LogP contribution >= 0.6 is 23.2 Å². The van der Waals surface area contributed by atoms with Crippen LogP contribution in [0.2, 0.25) is 10.0 Å². The van der Waals surface area contributed by atoms with Gasteiger partial charge in [-0.1, -0.05) is 60.5 Å². The summed E-state index contributed by atoms with van der Waals surface area (Å²) in [4.78, 5) is 25.8. The van der Waals surface area contributed by atoms with Crippen LogP contribution in [0.4, 0.5) is 11.6 Å². The number of hydrogen-bond acceptors (Lipinski definition) is 7. The molecule has 0 radical (unpaired) electrons. The number of nitrogens with two attached hydrogens (primary N) is 2. The van der Waals surface area contributed by atoms with Gasteiger partial charge in [0.15, 0.2) is 5.82 Å². The van der Waals surface area contributed by atoms with E-state index < -0.39 is 5.41 Å². The Bertz CT molecular complexity index is 1340. The lowest BCUT2D eigenvalue weighted by atomic mass is 9.80. The number of aliphatic hydroxyl groups excluding tert-OH is 1. The number of aliphatic hydroxyl groups is 1. The van der Waals surface area contributed by atoms with Crippen LogP contribution in [-0.2, 0) is 4.79 Å². The molecule has 1 fully saturated rings. The number of primary amides is 1. The molecule has 5 N–H and O–H groups in total. The van der Waals surface area contributed by atoms with Crippen LogP contribution < -0.4 is 21.3 Å². The molecule has 0 unspecified atom stereocenters. The van der Waals surface area contributed by atoms with Gasteiger partial charge < -0.3 is 26.4 Å². The summed E-state index contributed by atoms with van der Waals surface area (Å²) in [5.41, 5.74) is 14.4. The molecular weight excluding hydrogens is 523 g/mol. The maximum Gasteiger partial charge on any atom is 0.223 e. The summed E-state index contributed by atoms with van der Waals surface area (Å²) in [6, 6.07) is 16.5. The molecular formula is C28H32Cl2N6O2. The summed E-state index contributed by atoms with van der Waals surface area (Å²) in [7, 11) is 1.86. The first-order valence-electron chi connectivity index (χ1n) is 12.4. The number of piperidine rings is 1. The second-order valence-corrected chi connectivity index (χ2v) is 10.6. The first-order chi connectivity index (χ1) is 18.1. The van der Waals surface area contributed by atoms with Gasteiger partial charge in [-0.25, -0.2) is 9.97 Å². The van der Waals surface area contributed by atoms with Gasteiger partial charge in [0, 0.05) is 53.8 Å². The fraction of sp³-hybridized carbons (Fsp3) is 0.321. The summed E-state index contributed by atoms with van der Waals surface area (Å²) < 4.78 is 0. The fourth-order valence-corrected chi connectivity index (χ4v) is 4.83. The number of carbonyl (C=O) groups excluding carboxylic acids is 1. The van der Waals surface area contributed by atoms with Gasteiger partial charge in [0.05, 0.1) is 17.9 Å². The third kappa shape index (κ3) is 5.88. The molecule has 1 aliphatic rings. The summed E-state index contributed by atoms with van der Waals surface area (Å²) in [5.74, 6) is 1.44. The molecule has 10 heteroatoms. The van der Waals surface area contributed by atoms with Crippen molar-refractivity contribution < 1.29 is 9.90 Å². The molecule has 2 aromatic carbocycles. The van der Waals surface area contributed by atoms with Crippen molar-refractivity contribution in [1.82, 2.24) is 9.97 Å². The monoisotopic (exact) mass is 554 g/mol. The van der Waals surface area contributed by atoms with Crippen LogP contribution in [0.1, 0.15) is 36.7 Å². The van der Waals surface area contributed by atoms with E-state index in [4.69, 9.17) is 44.6 Å². The van der Waals surface area contributed by atoms with Crippen LogP contribution in [-0.4, -0.2) is 54.3 Å². The van der Waals surface area contributed by atoms with Gasteiger partial charge in [-0.3, -0.25) is 4.79 Å². The van der Waals surface area contributed by atoms with Crippen molar-refractivity contribution in [2.75, 3.05) is 43.1 Å². The predicted octanol–water partition coefficient (Wildman–Crippen LogP) is 4.18. The van der Waals surface area contributed by atoms with Gasteiger partial charge in [-0.15, -0.1) is 0 Å². The normalized spacial score (nSPS) is 15.7. The topological polar surface area (TPSA) is 122 Å². The van der Waals surface area contributed by atoms with E-state index in [1.165, 1.54) is 0 Å². The van der Waals surface area contributed by atoms with Crippen LogP contribution in [0.3, 0.4) is 0 Å². The Labute approximate surface area is 232 Å². The standard InChI is InChI=1S/C28H32Cl2N6O2/c1-28(27(32)38)11-13-36(14-12-28)23-17-22(35(2)15-16-37)33-26(34-23)24(18-7-9-19(29)10-8-18)25(31)20-5-3-4-6-21(20)30/h3-10,17,37H,11-16,31H2,1-2H3,(H2,32,38). The lowest BCUT2D eigenvalue weighted by molar-refractivity contribution is -0.127. The largest absolute Gasteiger partial charge is 0.398 e. The van der Waals surface area contributed by atoms with Gasteiger partial charge in [0.2, 0.25) is 5.91 Å². The van der Waals surface area contributed by atoms with Crippen molar-refractivity contribution >= 4 is 52.0 Å². The number of likely N-dealkylation sites (N-methyl/N-ethyl adjacent to an activating group) is 1. The van der Waals surface area contributed by atoms with Gasteiger partial charge in [-0.2, -0.15) is 0 Å². The molecule has 200 valence electrons. The molecule has 1 aromatic heterocycles. The van der Waals surface area contributed by atoms with Crippen LogP contribution in [0, 0.1) is 5.41 Å². The Morgan fingerprint density at radius 2 is 1.74 bits per heavy atom. The van der Waals surface area contributed by atoms with Crippen LogP contribution in [0.25, 0.3) is 11.3 Å². The number of anilines is 2. The number of amides is 1. The number of carbonyl (C=O) groups is 1. The van der Waals surface area contributed by atoms with E-state index >= 15 is 0 Å². The number of hydrogen-bond donors (Lipinski definition) is 3. The van der Waals surface area contributed by atoms with Crippen molar-refractivity contribution in [2.45, 2.75) is 19.8 Å². The molecule has 2 heterocycles. The Morgan fingerprint density at radius 3 is 2.34 bits per heavy atom. The van der Waals surface area contributed by atoms with Crippen molar-refractivity contribution in [3.8, 4) is 0 Å². The number of aromatic nitrogens is 2. The molecule has 38 heavy (non-hydrogen) atoms. The van der Waals surface area contributed by atoms with Crippen molar-refractivity contribution in [2.24, 2.45) is 16.9 Å². The Morgan fingerprint density at radius 1 is 1.08 bits per heavy atom. The van der Waals surface area contributed by atoms with Crippen molar-refractivity contribution in [3.63, 3.8) is 0 Å². The van der Waals surface area contributed by atoms with E-state index in [0.717, 1.165) is 5.56 Å². The second kappa shape index (κ2) is 11.6. The summed E-state index contributed by atoms with van der Waals surface area (Å²) in [6.07, 6.45) is 1.23. The first kappa shape index (κ1) is 27.7. The Kier molecular flexibility index (Phi) is 8.45. The average Bonchev–Trinajstić information content (AvgIpc) is 2.90. The van der Waals surface area contributed by atoms with E-state index in [-0.39, 0.29) is 12.5 Å². The zero-order chi connectivity index (χ0) is 27.4. The minimum absolute atomic E-state index is 0.0342. The number of nitrogens with zero attached hydrogens (tertiary/aromatic N) is 4. The maximum absolute atomic E-state index is 12.0. The van der Waals surface area contributed by atoms with Crippen molar-refractivity contribution in [1.29, 1.82) is 0 Å². The molecule has 0 spiro atoms. The minimum Gasteiger partial charge on any atom is -0.398 e. The van der Waals surface area contributed by atoms with E-state index in [1.807, 2.05) is 55.3 Å². The highest BCUT2D eigenvalue weighted by Gasteiger charge is 2.36. The van der Waals surface area contributed by atoms with Gasteiger partial charge >= 0.3 is 0 Å². The maximum atomic E-state index is 12.0. The molecule has 1 aliphatic heterocycles. The SMILES string of the molecule is CN(CCO)c1cc(N2CCC(C)(C(N)=O)CC2)nc(C(=C(N)c2ccccc2Cl)c2ccc(Cl)cc2)n1. The second-order valence-electron chi connectivity index (χ2n) is 9.74. The molecule has 0 atom stereocenters. The molecule has 4 rings (SSSR count). The number of halogens is 2. The molecule has 8 nitrogen and oxygen atoms in total. The summed E-state index contributed by atoms with van der Waals surface area (Å²) in [5, 5.41) is 10.7. The fourth-order valence-electron chi connectivity index (χ4n) is 4.47. The van der Waals surface area contributed by atoms with E-state index in [9.17, 15) is 9.90 Å². The zero-order valence-electron chi connectivity index (χ0n) is 21.5. The van der Waals surface area contributed by atoms with Gasteiger partial charge in [0.1, 0.15) is 11.6 Å². The Hall–Kier alpha value is -3.33. The summed E-state index contributed by atoms with van der Waals surface area (Å²) in [6.45, 7) is 3.48. The third-order valence-electron chi connectivity index (χ3n) is 7.10. The zero-order valence-corrected chi connectivity index (χ0v) is 23.0. The molecule has 3 aromatic rings. The molecule has 1 amide bonds. The highest BCUT2D eigenvalue weighted by Crippen LogP contribution is 2.36. The van der Waals surface area contributed by atoms with E-state index in [0.29, 0.717) is 76.8 Å². The van der Waals surface area contributed by atoms with Gasteiger partial charge in [-0.05, 0) is 36.6 Å². The lowest BCUT2D eigenvalue weighted by Gasteiger charge is -2.38. The van der Waals surface area contributed by atoms with Gasteiger partial charge in [0.25, 0.3) is 0 Å². The predicted molar refractivity (Wildman–Crippen MR) is 154 cm³/mol. The molecule has 1 saturated heterocycles. The number of rotatable bonds is 8. The average molecular weight is 556 g/mol. The Balaban J connectivity index is 1.89. The highest BCUT2D eigenvalue weighted by molar-refractivity contribution is 6.32. The number of benzene rings is 2. The van der Waals surface area contributed by atoms with E-state index in [2.05, 4.69) is 4.90 Å². The third-order valence-corrected chi connectivity index (χ3v) is 7.68. The molecule has 0 bridgehead atoms. The quantitative estimate of drug-likeness (QED) is 0.357.